The van der Waals surface area contributed by atoms with Crippen LogP contribution in [0.4, 0.5) is 4.79 Å². The first-order valence-corrected chi connectivity index (χ1v) is 7.05. The van der Waals surface area contributed by atoms with E-state index in [1.54, 1.807) is 0 Å². The number of amides is 2. The predicted molar refractivity (Wildman–Crippen MR) is 70.9 cm³/mol. The zero-order valence-corrected chi connectivity index (χ0v) is 11.2. The molecule has 0 heterocycles. The number of carboxylic acids is 1. The summed E-state index contributed by atoms with van der Waals surface area (Å²) >= 11 is 0. The minimum absolute atomic E-state index is 0.0212. The van der Waals surface area contributed by atoms with Crippen LogP contribution in [0, 0.1) is 0 Å². The molecule has 1 atom stereocenters. The highest BCUT2D eigenvalue weighted by Gasteiger charge is 2.15. The molecule has 0 bridgehead atoms. The van der Waals surface area contributed by atoms with E-state index in [1.165, 1.54) is 19.3 Å². The van der Waals surface area contributed by atoms with Crippen molar-refractivity contribution in [2.45, 2.75) is 63.5 Å². The molecule has 1 fully saturated rings. The van der Waals surface area contributed by atoms with Crippen molar-refractivity contribution in [3.63, 3.8) is 0 Å². The number of carbonyl (C=O) groups excluding carboxylic acids is 1. The first kappa shape index (κ1) is 15.8. The molecular weight excluding hydrogens is 248 g/mol. The van der Waals surface area contributed by atoms with E-state index in [4.69, 9.17) is 10.2 Å². The molecule has 110 valence electrons. The number of aliphatic hydroxyl groups is 1. The van der Waals surface area contributed by atoms with Gasteiger partial charge >= 0.3 is 12.0 Å². The van der Waals surface area contributed by atoms with Crippen LogP contribution in [0.2, 0.25) is 0 Å². The van der Waals surface area contributed by atoms with E-state index in [0.717, 1.165) is 25.7 Å². The van der Waals surface area contributed by atoms with Gasteiger partial charge in [-0.25, -0.2) is 9.59 Å². The maximum absolute atomic E-state index is 11.6. The Morgan fingerprint density at radius 3 is 2.26 bits per heavy atom. The molecule has 0 spiro atoms. The van der Waals surface area contributed by atoms with Crippen molar-refractivity contribution in [1.82, 2.24) is 10.6 Å². The zero-order valence-electron chi connectivity index (χ0n) is 11.2. The standard InChI is InChI=1S/C13H24N2O4/c16-11(12(17)18)8-9-14-13(19)15-10-6-4-2-1-3-5-7-10/h10-11,16H,1-9H2,(H,17,18)(H2,14,15,19)/t11-/m0/s1. The van der Waals surface area contributed by atoms with Crippen LogP contribution in [0.25, 0.3) is 0 Å². The van der Waals surface area contributed by atoms with Gasteiger partial charge < -0.3 is 20.8 Å². The Balaban J connectivity index is 2.16. The molecule has 6 nitrogen and oxygen atoms in total. The lowest BCUT2D eigenvalue weighted by atomic mass is 9.97. The summed E-state index contributed by atoms with van der Waals surface area (Å²) in [6.45, 7) is 0.159. The van der Waals surface area contributed by atoms with Crippen LogP contribution < -0.4 is 10.6 Å². The normalized spacial score (nSPS) is 19.0. The Morgan fingerprint density at radius 2 is 1.68 bits per heavy atom. The van der Waals surface area contributed by atoms with E-state index in [9.17, 15) is 9.59 Å². The molecule has 0 saturated heterocycles. The Hall–Kier alpha value is -1.30. The third kappa shape index (κ3) is 7.00. The SMILES string of the molecule is O=C(NCC[C@H](O)C(=O)O)NC1CCCCCCC1. The molecule has 1 rings (SSSR count). The van der Waals surface area contributed by atoms with Crippen molar-refractivity contribution in [2.24, 2.45) is 0 Å². The maximum Gasteiger partial charge on any atom is 0.332 e. The monoisotopic (exact) mass is 272 g/mol. The van der Waals surface area contributed by atoms with E-state index >= 15 is 0 Å². The fourth-order valence-corrected chi connectivity index (χ4v) is 2.28. The van der Waals surface area contributed by atoms with Gasteiger partial charge in [0.05, 0.1) is 0 Å². The Kier molecular flexibility index (Phi) is 7.25. The first-order chi connectivity index (χ1) is 9.09. The van der Waals surface area contributed by atoms with Crippen molar-refractivity contribution in [3.8, 4) is 0 Å². The fourth-order valence-electron chi connectivity index (χ4n) is 2.28. The van der Waals surface area contributed by atoms with E-state index < -0.39 is 12.1 Å². The minimum atomic E-state index is -1.42. The van der Waals surface area contributed by atoms with Gasteiger partial charge in [0.2, 0.25) is 0 Å². The van der Waals surface area contributed by atoms with Crippen molar-refractivity contribution in [2.75, 3.05) is 6.54 Å². The van der Waals surface area contributed by atoms with E-state index in [2.05, 4.69) is 10.6 Å². The first-order valence-electron chi connectivity index (χ1n) is 7.05. The number of hydrogen-bond acceptors (Lipinski definition) is 3. The lowest BCUT2D eigenvalue weighted by Crippen LogP contribution is -2.43. The van der Waals surface area contributed by atoms with Crippen molar-refractivity contribution >= 4 is 12.0 Å². The number of nitrogens with one attached hydrogen (secondary N) is 2. The Bertz CT molecular complexity index is 288. The van der Waals surface area contributed by atoms with E-state index in [-0.39, 0.29) is 25.0 Å². The number of aliphatic hydroxyl groups excluding tert-OH is 1. The molecule has 0 aromatic heterocycles. The van der Waals surface area contributed by atoms with Crippen molar-refractivity contribution < 1.29 is 19.8 Å². The van der Waals surface area contributed by atoms with Gasteiger partial charge in [-0.05, 0) is 12.8 Å². The highest BCUT2D eigenvalue weighted by Crippen LogP contribution is 2.16. The summed E-state index contributed by atoms with van der Waals surface area (Å²) < 4.78 is 0. The average Bonchev–Trinajstić information content (AvgIpc) is 2.32. The van der Waals surface area contributed by atoms with Gasteiger partial charge in [-0.1, -0.05) is 32.1 Å². The van der Waals surface area contributed by atoms with Gasteiger partial charge in [0.15, 0.2) is 6.10 Å². The summed E-state index contributed by atoms with van der Waals surface area (Å²) in [5, 5.41) is 23.0. The van der Waals surface area contributed by atoms with Gasteiger partial charge in [-0.15, -0.1) is 0 Å². The maximum atomic E-state index is 11.6. The summed E-state index contributed by atoms with van der Waals surface area (Å²) in [6.07, 6.45) is 6.64. The van der Waals surface area contributed by atoms with Crippen LogP contribution in [-0.2, 0) is 4.79 Å². The second-order valence-electron chi connectivity index (χ2n) is 5.08. The van der Waals surface area contributed by atoms with Crippen LogP contribution in [0.5, 0.6) is 0 Å². The fraction of sp³-hybridized carbons (Fsp3) is 0.846. The number of carbonyl (C=O) groups is 2. The molecule has 0 radical (unpaired) electrons. The van der Waals surface area contributed by atoms with Crippen LogP contribution in [0.15, 0.2) is 0 Å². The van der Waals surface area contributed by atoms with Gasteiger partial charge in [-0.3, -0.25) is 0 Å². The van der Waals surface area contributed by atoms with E-state index in [1.807, 2.05) is 0 Å². The number of urea groups is 1. The smallest absolute Gasteiger partial charge is 0.332 e. The molecule has 0 unspecified atom stereocenters. The van der Waals surface area contributed by atoms with Crippen molar-refractivity contribution in [3.05, 3.63) is 0 Å². The van der Waals surface area contributed by atoms with Crippen LogP contribution in [0.1, 0.15) is 51.4 Å². The molecule has 1 aliphatic carbocycles. The van der Waals surface area contributed by atoms with Crippen molar-refractivity contribution in [1.29, 1.82) is 0 Å². The molecule has 19 heavy (non-hydrogen) atoms. The van der Waals surface area contributed by atoms with Crippen LogP contribution in [0.3, 0.4) is 0 Å². The zero-order chi connectivity index (χ0) is 14.1. The van der Waals surface area contributed by atoms with Gasteiger partial charge in [-0.2, -0.15) is 0 Å². The molecule has 2 amide bonds. The van der Waals surface area contributed by atoms with Crippen LogP contribution in [-0.4, -0.2) is 40.9 Å². The Morgan fingerprint density at radius 1 is 1.11 bits per heavy atom. The molecule has 4 N–H and O–H groups in total. The summed E-state index contributed by atoms with van der Waals surface area (Å²) in [6, 6.07) is -0.0622. The lowest BCUT2D eigenvalue weighted by Gasteiger charge is -2.21. The van der Waals surface area contributed by atoms with Gasteiger partial charge in [0.1, 0.15) is 0 Å². The quantitative estimate of drug-likeness (QED) is 0.605. The summed E-state index contributed by atoms with van der Waals surface area (Å²) in [7, 11) is 0. The molecular formula is C13H24N2O4. The number of hydrogen-bond donors (Lipinski definition) is 4. The molecule has 0 aliphatic heterocycles. The second kappa shape index (κ2) is 8.74. The molecule has 1 aliphatic rings. The summed E-state index contributed by atoms with van der Waals surface area (Å²) in [5.41, 5.74) is 0. The summed E-state index contributed by atoms with van der Waals surface area (Å²) in [5.74, 6) is -1.26. The number of carboxylic acid groups (broad SMARTS) is 1. The third-order valence-corrected chi connectivity index (χ3v) is 3.43. The molecule has 6 heteroatoms. The minimum Gasteiger partial charge on any atom is -0.479 e. The average molecular weight is 272 g/mol. The molecule has 0 aromatic rings. The third-order valence-electron chi connectivity index (χ3n) is 3.43. The topological polar surface area (TPSA) is 98.7 Å². The van der Waals surface area contributed by atoms with Crippen LogP contribution >= 0.6 is 0 Å². The molecule has 0 aromatic carbocycles. The number of aliphatic carboxylic acids is 1. The van der Waals surface area contributed by atoms with E-state index in [0.29, 0.717) is 0 Å². The second-order valence-corrected chi connectivity index (χ2v) is 5.08. The Labute approximate surface area is 113 Å². The highest BCUT2D eigenvalue weighted by molar-refractivity contribution is 5.74. The summed E-state index contributed by atoms with van der Waals surface area (Å²) in [4.78, 5) is 22.0. The lowest BCUT2D eigenvalue weighted by molar-refractivity contribution is -0.146. The largest absolute Gasteiger partial charge is 0.479 e. The molecule has 1 saturated carbocycles. The predicted octanol–water partition coefficient (Wildman–Crippen LogP) is 1.23. The highest BCUT2D eigenvalue weighted by atomic mass is 16.4. The van der Waals surface area contributed by atoms with Gasteiger partial charge in [0.25, 0.3) is 0 Å². The van der Waals surface area contributed by atoms with Gasteiger partial charge in [0, 0.05) is 19.0 Å². The number of rotatable bonds is 5.